The number of piperidine rings is 1. The number of aliphatic hydroxyl groups excluding tert-OH is 1. The molecule has 2 aromatic rings. The normalized spacial score (nSPS) is 23.9. The molecule has 6 heteroatoms. The quantitative estimate of drug-likeness (QED) is 0.902. The number of nitrogens with zero attached hydrogens (tertiary/aromatic N) is 2. The SMILES string of the molecule is CO[C@@H]1C[C@H](O)C12CCN(C(=O)c1ccc(-c3cccc(F)c3)nc1)CC2. The molecule has 1 aromatic heterocycles. The van der Waals surface area contributed by atoms with Crippen LogP contribution in [0.25, 0.3) is 11.3 Å². The van der Waals surface area contributed by atoms with Gasteiger partial charge >= 0.3 is 0 Å². The largest absolute Gasteiger partial charge is 0.392 e. The molecular weight excluding hydrogens is 347 g/mol. The number of hydrogen-bond donors (Lipinski definition) is 1. The molecule has 1 aliphatic heterocycles. The Kier molecular flexibility index (Phi) is 4.70. The topological polar surface area (TPSA) is 62.7 Å². The van der Waals surface area contributed by atoms with E-state index in [0.717, 1.165) is 12.8 Å². The van der Waals surface area contributed by atoms with Crippen LogP contribution in [0, 0.1) is 11.2 Å². The number of carbonyl (C=O) groups excluding carboxylic acids is 1. The van der Waals surface area contributed by atoms with Gasteiger partial charge in [-0.15, -0.1) is 0 Å². The van der Waals surface area contributed by atoms with E-state index in [0.29, 0.717) is 36.3 Å². The average Bonchev–Trinajstić information content (AvgIpc) is 2.71. The van der Waals surface area contributed by atoms with Crippen molar-refractivity contribution in [2.75, 3.05) is 20.2 Å². The van der Waals surface area contributed by atoms with Crippen LogP contribution in [0.1, 0.15) is 29.6 Å². The molecule has 0 radical (unpaired) electrons. The summed E-state index contributed by atoms with van der Waals surface area (Å²) in [6, 6.07) is 9.70. The van der Waals surface area contributed by atoms with Crippen molar-refractivity contribution in [2.45, 2.75) is 31.5 Å². The Morgan fingerprint density at radius 2 is 2.07 bits per heavy atom. The summed E-state index contributed by atoms with van der Waals surface area (Å²) in [6.45, 7) is 1.20. The fraction of sp³-hybridized carbons (Fsp3) is 0.429. The first-order valence-electron chi connectivity index (χ1n) is 9.25. The summed E-state index contributed by atoms with van der Waals surface area (Å²) in [5.41, 5.74) is 1.62. The molecule has 1 aromatic carbocycles. The average molecular weight is 370 g/mol. The van der Waals surface area contributed by atoms with E-state index < -0.39 is 0 Å². The Hall–Kier alpha value is -2.31. The standard InChI is InChI=1S/C21H23FN2O3/c1-27-19-12-18(25)21(19)7-9-24(10-8-21)20(26)15-5-6-17(23-13-15)14-3-2-4-16(22)11-14/h2-6,11,13,18-19,25H,7-10,12H2,1H3/t18-,19+/m0/s1. The molecule has 4 rings (SSSR count). The highest BCUT2D eigenvalue weighted by molar-refractivity contribution is 5.94. The second kappa shape index (κ2) is 7.02. The molecule has 1 spiro atoms. The van der Waals surface area contributed by atoms with Gasteiger partial charge in [-0.1, -0.05) is 12.1 Å². The Balaban J connectivity index is 1.43. The van der Waals surface area contributed by atoms with E-state index in [2.05, 4.69) is 4.98 Å². The number of amides is 1. The van der Waals surface area contributed by atoms with Crippen LogP contribution in [-0.4, -0.2) is 53.3 Å². The smallest absolute Gasteiger partial charge is 0.255 e. The zero-order valence-corrected chi connectivity index (χ0v) is 15.3. The monoisotopic (exact) mass is 370 g/mol. The van der Waals surface area contributed by atoms with E-state index in [1.54, 1.807) is 37.6 Å². The highest BCUT2D eigenvalue weighted by Crippen LogP contribution is 2.50. The van der Waals surface area contributed by atoms with Gasteiger partial charge in [-0.25, -0.2) is 4.39 Å². The van der Waals surface area contributed by atoms with Gasteiger partial charge in [0.15, 0.2) is 0 Å². The maximum Gasteiger partial charge on any atom is 0.255 e. The fourth-order valence-corrected chi connectivity index (χ4v) is 4.36. The van der Waals surface area contributed by atoms with Gasteiger partial charge < -0.3 is 14.7 Å². The Morgan fingerprint density at radius 1 is 1.30 bits per heavy atom. The Bertz CT molecular complexity index is 832. The number of aromatic nitrogens is 1. The number of hydrogen-bond acceptors (Lipinski definition) is 4. The summed E-state index contributed by atoms with van der Waals surface area (Å²) in [5.74, 6) is -0.379. The van der Waals surface area contributed by atoms with Crippen molar-refractivity contribution in [3.05, 3.63) is 54.0 Å². The number of rotatable bonds is 3. The van der Waals surface area contributed by atoms with Gasteiger partial charge in [0.1, 0.15) is 5.82 Å². The number of pyridine rings is 1. The first-order valence-corrected chi connectivity index (χ1v) is 9.25. The summed E-state index contributed by atoms with van der Waals surface area (Å²) >= 11 is 0. The minimum absolute atomic E-state index is 0.0640. The lowest BCUT2D eigenvalue weighted by Gasteiger charge is -2.56. The van der Waals surface area contributed by atoms with Crippen molar-refractivity contribution in [3.63, 3.8) is 0 Å². The number of benzene rings is 1. The van der Waals surface area contributed by atoms with Gasteiger partial charge in [-0.3, -0.25) is 9.78 Å². The number of methoxy groups -OCH3 is 1. The number of carbonyl (C=O) groups is 1. The molecule has 27 heavy (non-hydrogen) atoms. The number of halogens is 1. The van der Waals surface area contributed by atoms with Crippen molar-refractivity contribution in [1.82, 2.24) is 9.88 Å². The second-order valence-electron chi connectivity index (χ2n) is 7.44. The lowest BCUT2D eigenvalue weighted by molar-refractivity contribution is -0.199. The predicted molar refractivity (Wildman–Crippen MR) is 98.6 cm³/mol. The number of ether oxygens (including phenoxy) is 1. The van der Waals surface area contributed by atoms with Crippen molar-refractivity contribution in [1.29, 1.82) is 0 Å². The molecule has 142 valence electrons. The van der Waals surface area contributed by atoms with Gasteiger partial charge in [-0.05, 0) is 37.1 Å². The molecule has 1 amide bonds. The van der Waals surface area contributed by atoms with Crippen molar-refractivity contribution in [2.24, 2.45) is 5.41 Å². The van der Waals surface area contributed by atoms with Gasteiger partial charge in [-0.2, -0.15) is 0 Å². The first-order chi connectivity index (χ1) is 13.0. The van der Waals surface area contributed by atoms with Gasteiger partial charge in [0.25, 0.3) is 5.91 Å². The molecular formula is C21H23FN2O3. The highest BCUT2D eigenvalue weighted by atomic mass is 19.1. The highest BCUT2D eigenvalue weighted by Gasteiger charge is 2.56. The maximum absolute atomic E-state index is 13.4. The lowest BCUT2D eigenvalue weighted by atomic mass is 9.58. The van der Waals surface area contributed by atoms with Crippen LogP contribution >= 0.6 is 0 Å². The van der Waals surface area contributed by atoms with Crippen LogP contribution in [0.3, 0.4) is 0 Å². The molecule has 5 nitrogen and oxygen atoms in total. The minimum atomic E-state index is -0.341. The summed E-state index contributed by atoms with van der Waals surface area (Å²) in [5, 5.41) is 10.2. The molecule has 2 aliphatic rings. The van der Waals surface area contributed by atoms with E-state index in [1.165, 1.54) is 12.1 Å². The van der Waals surface area contributed by atoms with E-state index in [4.69, 9.17) is 4.74 Å². The Morgan fingerprint density at radius 3 is 2.67 bits per heavy atom. The molecule has 1 saturated heterocycles. The van der Waals surface area contributed by atoms with E-state index in [9.17, 15) is 14.3 Å². The predicted octanol–water partition coefficient (Wildman–Crippen LogP) is 2.89. The summed E-state index contributed by atoms with van der Waals surface area (Å²) in [4.78, 5) is 18.9. The molecule has 0 bridgehead atoms. The molecule has 2 atom stereocenters. The van der Waals surface area contributed by atoms with Crippen LogP contribution in [-0.2, 0) is 4.74 Å². The van der Waals surface area contributed by atoms with Crippen LogP contribution in [0.15, 0.2) is 42.6 Å². The van der Waals surface area contributed by atoms with Crippen LogP contribution < -0.4 is 0 Å². The zero-order chi connectivity index (χ0) is 19.0. The first kappa shape index (κ1) is 18.1. The molecule has 1 N–H and O–H groups in total. The number of aliphatic hydroxyl groups is 1. The fourth-order valence-electron chi connectivity index (χ4n) is 4.36. The maximum atomic E-state index is 13.4. The molecule has 0 unspecified atom stereocenters. The van der Waals surface area contributed by atoms with E-state index in [1.807, 2.05) is 4.90 Å². The summed E-state index contributed by atoms with van der Waals surface area (Å²) in [6.07, 6.45) is 3.45. The second-order valence-corrected chi connectivity index (χ2v) is 7.44. The molecule has 2 fully saturated rings. The Labute approximate surface area is 157 Å². The van der Waals surface area contributed by atoms with Gasteiger partial charge in [0.2, 0.25) is 0 Å². The third-order valence-corrected chi connectivity index (χ3v) is 6.14. The minimum Gasteiger partial charge on any atom is -0.392 e. The lowest BCUT2D eigenvalue weighted by Crippen LogP contribution is -2.62. The molecule has 1 aliphatic carbocycles. The van der Waals surface area contributed by atoms with Gasteiger partial charge in [0.05, 0.1) is 23.5 Å². The third kappa shape index (κ3) is 3.13. The van der Waals surface area contributed by atoms with Crippen LogP contribution in [0.2, 0.25) is 0 Å². The van der Waals surface area contributed by atoms with Crippen molar-refractivity contribution in [3.8, 4) is 11.3 Å². The number of likely N-dealkylation sites (tertiary alicyclic amines) is 1. The van der Waals surface area contributed by atoms with Gasteiger partial charge in [0, 0.05) is 43.8 Å². The molecule has 1 saturated carbocycles. The van der Waals surface area contributed by atoms with Crippen molar-refractivity contribution < 1.29 is 19.0 Å². The molecule has 2 heterocycles. The van der Waals surface area contributed by atoms with Crippen molar-refractivity contribution >= 4 is 5.91 Å². The summed E-state index contributed by atoms with van der Waals surface area (Å²) < 4.78 is 18.9. The summed E-state index contributed by atoms with van der Waals surface area (Å²) in [7, 11) is 1.68. The third-order valence-electron chi connectivity index (χ3n) is 6.14. The van der Waals surface area contributed by atoms with E-state index >= 15 is 0 Å². The van der Waals surface area contributed by atoms with Crippen LogP contribution in [0.4, 0.5) is 4.39 Å². The zero-order valence-electron chi connectivity index (χ0n) is 15.3. The van der Waals surface area contributed by atoms with E-state index in [-0.39, 0.29) is 29.3 Å². The van der Waals surface area contributed by atoms with Crippen LogP contribution in [0.5, 0.6) is 0 Å².